The lowest BCUT2D eigenvalue weighted by Crippen LogP contribution is -2.58. The van der Waals surface area contributed by atoms with E-state index in [1.54, 1.807) is 35.8 Å². The number of ketones is 1. The van der Waals surface area contributed by atoms with Crippen LogP contribution in [0.3, 0.4) is 0 Å². The smallest absolute Gasteiger partial charge is 0.270 e. The summed E-state index contributed by atoms with van der Waals surface area (Å²) in [6.45, 7) is 3.23. The van der Waals surface area contributed by atoms with Crippen LogP contribution in [0.4, 0.5) is 8.78 Å². The molecule has 2 aliphatic heterocycles. The summed E-state index contributed by atoms with van der Waals surface area (Å²) in [6.07, 6.45) is 1.73. The number of nitrogens with zero attached hydrogens (tertiary/aromatic N) is 2. The van der Waals surface area contributed by atoms with Gasteiger partial charge in [-0.25, -0.2) is 13.8 Å². The van der Waals surface area contributed by atoms with Crippen LogP contribution in [0.25, 0.3) is 6.08 Å². The third-order valence-electron chi connectivity index (χ3n) is 7.20. The maximum Gasteiger partial charge on any atom is 0.270 e. The molecule has 2 bridgehead atoms. The minimum Gasteiger partial charge on any atom is -0.496 e. The van der Waals surface area contributed by atoms with E-state index in [-0.39, 0.29) is 23.7 Å². The topological polar surface area (TPSA) is 79.1 Å². The molecule has 0 saturated carbocycles. The normalized spacial score (nSPS) is 21.1. The number of Topliss-reactive ketones (excluding diaryl/α,β-unsaturated/α-hetero) is 1. The lowest BCUT2D eigenvalue weighted by Gasteiger charge is -2.45. The van der Waals surface area contributed by atoms with Crippen molar-refractivity contribution in [1.82, 2.24) is 4.57 Å². The van der Waals surface area contributed by atoms with Crippen LogP contribution in [-0.2, 0) is 11.4 Å². The molecule has 0 unspecified atom stereocenters. The number of carbonyl (C=O) groups is 1. The van der Waals surface area contributed by atoms with Crippen LogP contribution < -0.4 is 29.1 Å². The fourth-order valence-electron chi connectivity index (χ4n) is 5.46. The van der Waals surface area contributed by atoms with Gasteiger partial charge in [-0.2, -0.15) is 0 Å². The third kappa shape index (κ3) is 4.28. The molecule has 10 heteroatoms. The predicted octanol–water partition coefficient (Wildman–Crippen LogP) is 4.14. The average molecular weight is 563 g/mol. The Kier molecular flexibility index (Phi) is 6.29. The van der Waals surface area contributed by atoms with Crippen LogP contribution in [0.5, 0.6) is 17.2 Å². The molecule has 204 valence electrons. The first-order valence-electron chi connectivity index (χ1n) is 12.5. The Bertz CT molecular complexity index is 1850. The Balaban J connectivity index is 1.42. The van der Waals surface area contributed by atoms with E-state index < -0.39 is 29.3 Å². The van der Waals surface area contributed by atoms with Crippen molar-refractivity contribution in [3.63, 3.8) is 0 Å². The molecule has 1 aromatic heterocycles. The molecule has 40 heavy (non-hydrogen) atoms. The number of hydrogen-bond acceptors (Lipinski definition) is 7. The second-order valence-corrected chi connectivity index (χ2v) is 10.9. The van der Waals surface area contributed by atoms with Gasteiger partial charge >= 0.3 is 0 Å². The van der Waals surface area contributed by atoms with Crippen LogP contribution >= 0.6 is 11.3 Å². The van der Waals surface area contributed by atoms with Crippen LogP contribution in [0.15, 0.2) is 70.5 Å². The number of thiazole rings is 1. The Morgan fingerprint density at radius 2 is 1.93 bits per heavy atom. The predicted molar refractivity (Wildman–Crippen MR) is 144 cm³/mol. The van der Waals surface area contributed by atoms with Gasteiger partial charge in [0.25, 0.3) is 5.56 Å². The summed E-state index contributed by atoms with van der Waals surface area (Å²) < 4.78 is 46.6. The molecule has 4 aromatic rings. The molecule has 0 aliphatic carbocycles. The van der Waals surface area contributed by atoms with Crippen LogP contribution in [0.2, 0.25) is 0 Å². The zero-order valence-corrected chi connectivity index (χ0v) is 22.6. The second-order valence-electron chi connectivity index (χ2n) is 9.84. The van der Waals surface area contributed by atoms with Crippen molar-refractivity contribution in [3.8, 4) is 17.2 Å². The Hall–Kier alpha value is -4.31. The lowest BCUT2D eigenvalue weighted by molar-refractivity contribution is -0.132. The summed E-state index contributed by atoms with van der Waals surface area (Å²) in [4.78, 5) is 31.8. The number of benzene rings is 3. The Morgan fingerprint density at radius 3 is 2.67 bits per heavy atom. The highest BCUT2D eigenvalue weighted by Crippen LogP contribution is 2.47. The first-order valence-corrected chi connectivity index (χ1v) is 13.4. The van der Waals surface area contributed by atoms with E-state index in [1.165, 1.54) is 31.4 Å². The number of carbonyl (C=O) groups excluding carboxylic acids is 1. The largest absolute Gasteiger partial charge is 0.496 e. The van der Waals surface area contributed by atoms with E-state index in [0.717, 1.165) is 17.7 Å². The van der Waals surface area contributed by atoms with Gasteiger partial charge in [-0.15, -0.1) is 0 Å². The fourth-order valence-corrected chi connectivity index (χ4v) is 6.56. The summed E-state index contributed by atoms with van der Waals surface area (Å²) in [5.74, 6) is -1.26. The van der Waals surface area contributed by atoms with Gasteiger partial charge < -0.3 is 14.2 Å². The van der Waals surface area contributed by atoms with Crippen molar-refractivity contribution in [1.29, 1.82) is 0 Å². The standard InChI is InChI=1S/C30H24F2N2O5S/c1-16(35)26-27-20-6-4-5-7-23(20)39-30(26,2)33-29-34(27)28(36)25(40-29)13-17-8-10-22(37-3)18(12-17)15-38-24-11-9-19(31)14-21(24)32/h4-14,26-27H,15H2,1-3H3/t26-,27-,30+/m0/s1. The maximum atomic E-state index is 14.1. The maximum absolute atomic E-state index is 14.1. The van der Waals surface area contributed by atoms with Crippen LogP contribution in [0, 0.1) is 17.6 Å². The summed E-state index contributed by atoms with van der Waals surface area (Å²) in [7, 11) is 1.51. The van der Waals surface area contributed by atoms with E-state index in [0.29, 0.717) is 32.0 Å². The number of ether oxygens (including phenoxy) is 3. The molecule has 0 saturated heterocycles. The first kappa shape index (κ1) is 25.9. The van der Waals surface area contributed by atoms with Gasteiger partial charge in [0.2, 0.25) is 5.72 Å². The summed E-state index contributed by atoms with van der Waals surface area (Å²) in [6, 6.07) is 15.2. The van der Waals surface area contributed by atoms with E-state index in [1.807, 2.05) is 24.3 Å². The zero-order chi connectivity index (χ0) is 28.2. The molecule has 6 rings (SSSR count). The van der Waals surface area contributed by atoms with Gasteiger partial charge in [0.1, 0.15) is 35.6 Å². The molecule has 0 fully saturated rings. The number of para-hydroxylation sites is 1. The Morgan fingerprint density at radius 1 is 1.15 bits per heavy atom. The highest BCUT2D eigenvalue weighted by Gasteiger charge is 2.53. The molecular weight excluding hydrogens is 538 g/mol. The summed E-state index contributed by atoms with van der Waals surface area (Å²) >= 11 is 1.22. The SMILES string of the molecule is COc1ccc(C=c2sc3n(c2=O)[C@H]2c4ccccc4O[C@@](C)(N=3)[C@H]2C(C)=O)cc1COc1ccc(F)cc1F. The molecule has 0 N–H and O–H groups in total. The third-order valence-corrected chi connectivity index (χ3v) is 8.18. The fraction of sp³-hybridized carbons (Fsp3) is 0.233. The molecule has 0 amide bonds. The number of halogens is 2. The van der Waals surface area contributed by atoms with E-state index >= 15 is 0 Å². The van der Waals surface area contributed by atoms with E-state index in [4.69, 9.17) is 19.2 Å². The van der Waals surface area contributed by atoms with Gasteiger partial charge in [-0.05, 0) is 55.8 Å². The van der Waals surface area contributed by atoms with Gasteiger partial charge in [0, 0.05) is 17.2 Å². The molecule has 3 heterocycles. The minimum absolute atomic E-state index is 0.0441. The van der Waals surface area contributed by atoms with Gasteiger partial charge in [-0.1, -0.05) is 35.6 Å². The quantitative estimate of drug-likeness (QED) is 0.353. The van der Waals surface area contributed by atoms with Crippen molar-refractivity contribution in [3.05, 3.63) is 109 Å². The molecular formula is C30H24F2N2O5S. The first-order chi connectivity index (χ1) is 19.2. The number of methoxy groups -OCH3 is 1. The van der Waals surface area contributed by atoms with Crippen molar-refractivity contribution in [2.45, 2.75) is 32.2 Å². The van der Waals surface area contributed by atoms with Crippen LogP contribution in [0.1, 0.15) is 36.6 Å². The van der Waals surface area contributed by atoms with Crippen LogP contribution in [-0.4, -0.2) is 23.2 Å². The second kappa shape index (κ2) is 9.71. The summed E-state index contributed by atoms with van der Waals surface area (Å²) in [5.41, 5.74) is 0.651. The monoisotopic (exact) mass is 562 g/mol. The van der Waals surface area contributed by atoms with Crippen molar-refractivity contribution in [2.75, 3.05) is 7.11 Å². The summed E-state index contributed by atoms with van der Waals surface area (Å²) in [5, 5.41) is 0. The number of aromatic nitrogens is 1. The highest BCUT2D eigenvalue weighted by molar-refractivity contribution is 7.07. The molecule has 0 spiro atoms. The molecule has 3 atom stereocenters. The number of fused-ring (bicyclic) bond motifs is 6. The van der Waals surface area contributed by atoms with E-state index in [2.05, 4.69) is 0 Å². The zero-order valence-electron chi connectivity index (χ0n) is 21.8. The number of rotatable bonds is 6. The van der Waals surface area contributed by atoms with Crippen molar-refractivity contribution < 1.29 is 27.8 Å². The Labute approximate surface area is 231 Å². The lowest BCUT2D eigenvalue weighted by atomic mass is 9.79. The molecule has 2 aliphatic rings. The van der Waals surface area contributed by atoms with Gasteiger partial charge in [0.15, 0.2) is 16.4 Å². The van der Waals surface area contributed by atoms with Crippen molar-refractivity contribution >= 4 is 23.2 Å². The molecule has 7 nitrogen and oxygen atoms in total. The minimum atomic E-state index is -1.14. The molecule has 3 aromatic carbocycles. The molecule has 0 radical (unpaired) electrons. The van der Waals surface area contributed by atoms with E-state index in [9.17, 15) is 18.4 Å². The average Bonchev–Trinajstić information content (AvgIpc) is 3.20. The van der Waals surface area contributed by atoms with Crippen molar-refractivity contribution in [2.24, 2.45) is 10.9 Å². The highest BCUT2D eigenvalue weighted by atomic mass is 32.1. The van der Waals surface area contributed by atoms with Gasteiger partial charge in [0.05, 0.1) is 17.7 Å². The number of hydrogen-bond donors (Lipinski definition) is 0. The van der Waals surface area contributed by atoms with Gasteiger partial charge in [-0.3, -0.25) is 14.2 Å².